The second-order valence-electron chi connectivity index (χ2n) is 5.90. The van der Waals surface area contributed by atoms with Crippen molar-refractivity contribution in [1.82, 2.24) is 4.98 Å². The zero-order valence-corrected chi connectivity index (χ0v) is 14.1. The van der Waals surface area contributed by atoms with E-state index in [0.717, 1.165) is 23.3 Å². The van der Waals surface area contributed by atoms with Gasteiger partial charge in [0, 0.05) is 11.8 Å². The molecule has 132 valence electrons. The summed E-state index contributed by atoms with van der Waals surface area (Å²) in [6.07, 6.45) is 1.77. The highest BCUT2D eigenvalue weighted by Crippen LogP contribution is 2.19. The van der Waals surface area contributed by atoms with Gasteiger partial charge in [0.25, 0.3) is 0 Å². The standard InChI is InChI=1S/C20H17F2N3O/c1-13-3-2-4-14(9-13)10-20(26)25-19-8-6-16(12-23-19)24-15-5-7-17(21)18(22)11-15/h2-9,11-12,24H,10H2,1H3,(H,23,25,26). The molecule has 0 atom stereocenters. The number of hydrogen-bond donors (Lipinski definition) is 2. The van der Waals surface area contributed by atoms with Crippen LogP contribution < -0.4 is 10.6 Å². The maximum Gasteiger partial charge on any atom is 0.229 e. The number of carbonyl (C=O) groups is 1. The van der Waals surface area contributed by atoms with E-state index in [1.165, 1.54) is 12.3 Å². The first-order valence-corrected chi connectivity index (χ1v) is 8.03. The van der Waals surface area contributed by atoms with E-state index >= 15 is 0 Å². The molecule has 2 N–H and O–H groups in total. The molecule has 1 heterocycles. The fraction of sp³-hybridized carbons (Fsp3) is 0.100. The zero-order valence-electron chi connectivity index (χ0n) is 14.1. The molecule has 0 fully saturated rings. The summed E-state index contributed by atoms with van der Waals surface area (Å²) in [5.41, 5.74) is 3.02. The number of nitrogens with one attached hydrogen (secondary N) is 2. The Hall–Kier alpha value is -3.28. The molecule has 0 unspecified atom stereocenters. The molecule has 26 heavy (non-hydrogen) atoms. The van der Waals surface area contributed by atoms with E-state index in [4.69, 9.17) is 0 Å². The third-order valence-electron chi connectivity index (χ3n) is 3.69. The van der Waals surface area contributed by atoms with Gasteiger partial charge in [-0.3, -0.25) is 4.79 Å². The molecule has 0 aliphatic rings. The molecular weight excluding hydrogens is 336 g/mol. The van der Waals surface area contributed by atoms with Crippen molar-refractivity contribution in [2.24, 2.45) is 0 Å². The number of rotatable bonds is 5. The van der Waals surface area contributed by atoms with Crippen LogP contribution in [0.1, 0.15) is 11.1 Å². The molecular formula is C20H17F2N3O. The summed E-state index contributed by atoms with van der Waals surface area (Å²) in [7, 11) is 0. The first kappa shape index (κ1) is 17.5. The van der Waals surface area contributed by atoms with E-state index in [1.807, 2.05) is 31.2 Å². The van der Waals surface area contributed by atoms with E-state index in [2.05, 4.69) is 15.6 Å². The third-order valence-corrected chi connectivity index (χ3v) is 3.69. The fourth-order valence-corrected chi connectivity index (χ4v) is 2.48. The van der Waals surface area contributed by atoms with Crippen molar-refractivity contribution in [2.45, 2.75) is 13.3 Å². The smallest absolute Gasteiger partial charge is 0.229 e. The molecule has 0 aliphatic heterocycles. The van der Waals surface area contributed by atoms with Crippen LogP contribution in [0.3, 0.4) is 0 Å². The Morgan fingerprint density at radius 1 is 1.00 bits per heavy atom. The van der Waals surface area contributed by atoms with Crippen LogP contribution in [0.25, 0.3) is 0 Å². The van der Waals surface area contributed by atoms with Gasteiger partial charge in [0.2, 0.25) is 5.91 Å². The Balaban J connectivity index is 1.60. The number of nitrogens with zero attached hydrogens (tertiary/aromatic N) is 1. The lowest BCUT2D eigenvalue weighted by molar-refractivity contribution is -0.115. The number of hydrogen-bond acceptors (Lipinski definition) is 3. The van der Waals surface area contributed by atoms with Gasteiger partial charge in [0.15, 0.2) is 11.6 Å². The lowest BCUT2D eigenvalue weighted by Gasteiger charge is -2.08. The highest BCUT2D eigenvalue weighted by Gasteiger charge is 2.06. The van der Waals surface area contributed by atoms with Gasteiger partial charge in [0.1, 0.15) is 5.82 Å². The first-order valence-electron chi connectivity index (χ1n) is 8.03. The minimum atomic E-state index is -0.928. The fourth-order valence-electron chi connectivity index (χ4n) is 2.48. The third kappa shape index (κ3) is 4.63. The predicted molar refractivity (Wildman–Crippen MR) is 97.4 cm³/mol. The normalized spacial score (nSPS) is 10.4. The quantitative estimate of drug-likeness (QED) is 0.705. The van der Waals surface area contributed by atoms with Crippen LogP contribution in [0.4, 0.5) is 26.0 Å². The molecule has 3 aromatic rings. The van der Waals surface area contributed by atoms with E-state index in [9.17, 15) is 13.6 Å². The topological polar surface area (TPSA) is 54.0 Å². The Labute approximate surface area is 149 Å². The molecule has 0 spiro atoms. The number of aryl methyl sites for hydroxylation is 1. The molecule has 1 aromatic heterocycles. The van der Waals surface area contributed by atoms with Crippen molar-refractivity contribution < 1.29 is 13.6 Å². The number of pyridine rings is 1. The predicted octanol–water partition coefficient (Wildman–Crippen LogP) is 4.59. The van der Waals surface area contributed by atoms with Crippen molar-refractivity contribution in [3.8, 4) is 0 Å². The summed E-state index contributed by atoms with van der Waals surface area (Å²) in [6.45, 7) is 1.97. The van der Waals surface area contributed by atoms with Crippen LogP contribution in [-0.4, -0.2) is 10.9 Å². The average Bonchev–Trinajstić information content (AvgIpc) is 2.60. The average molecular weight is 353 g/mol. The molecule has 4 nitrogen and oxygen atoms in total. The van der Waals surface area contributed by atoms with E-state index in [1.54, 1.807) is 12.1 Å². The monoisotopic (exact) mass is 353 g/mol. The summed E-state index contributed by atoms with van der Waals surface area (Å²) >= 11 is 0. The minimum absolute atomic E-state index is 0.163. The van der Waals surface area contributed by atoms with Crippen molar-refractivity contribution in [2.75, 3.05) is 10.6 Å². The van der Waals surface area contributed by atoms with Gasteiger partial charge in [-0.25, -0.2) is 13.8 Å². The van der Waals surface area contributed by atoms with Gasteiger partial charge >= 0.3 is 0 Å². The molecule has 0 aliphatic carbocycles. The number of anilines is 3. The summed E-state index contributed by atoms with van der Waals surface area (Å²) in [4.78, 5) is 16.2. The number of aromatic nitrogens is 1. The SMILES string of the molecule is Cc1cccc(CC(=O)Nc2ccc(Nc3ccc(F)c(F)c3)cn2)c1. The van der Waals surface area contributed by atoms with E-state index < -0.39 is 11.6 Å². The van der Waals surface area contributed by atoms with Crippen LogP contribution in [0.15, 0.2) is 60.8 Å². The number of amides is 1. The number of halogens is 2. The largest absolute Gasteiger partial charge is 0.354 e. The lowest BCUT2D eigenvalue weighted by atomic mass is 10.1. The zero-order chi connectivity index (χ0) is 18.5. The maximum absolute atomic E-state index is 13.2. The maximum atomic E-state index is 13.2. The van der Waals surface area contributed by atoms with Crippen molar-refractivity contribution in [3.05, 3.63) is 83.6 Å². The highest BCUT2D eigenvalue weighted by molar-refractivity contribution is 5.91. The van der Waals surface area contributed by atoms with Crippen LogP contribution in [0.5, 0.6) is 0 Å². The van der Waals surface area contributed by atoms with Gasteiger partial charge in [-0.05, 0) is 36.8 Å². The minimum Gasteiger partial charge on any atom is -0.354 e. The lowest BCUT2D eigenvalue weighted by Crippen LogP contribution is -2.15. The Kier molecular flexibility index (Phi) is 5.22. The van der Waals surface area contributed by atoms with Crippen molar-refractivity contribution >= 4 is 23.1 Å². The number of benzene rings is 2. The summed E-state index contributed by atoms with van der Waals surface area (Å²) in [5, 5.41) is 5.65. The van der Waals surface area contributed by atoms with E-state index in [-0.39, 0.29) is 12.3 Å². The molecule has 0 radical (unpaired) electrons. The second-order valence-corrected chi connectivity index (χ2v) is 5.90. The Morgan fingerprint density at radius 3 is 2.50 bits per heavy atom. The summed E-state index contributed by atoms with van der Waals surface area (Å²) in [6, 6.07) is 14.6. The van der Waals surface area contributed by atoms with Gasteiger partial charge < -0.3 is 10.6 Å². The summed E-state index contributed by atoms with van der Waals surface area (Å²) in [5.74, 6) is -1.58. The Bertz CT molecular complexity index is 927. The van der Waals surface area contributed by atoms with E-state index in [0.29, 0.717) is 17.2 Å². The second kappa shape index (κ2) is 7.74. The van der Waals surface area contributed by atoms with Gasteiger partial charge in [-0.2, -0.15) is 0 Å². The molecule has 0 saturated carbocycles. The first-order chi connectivity index (χ1) is 12.5. The van der Waals surface area contributed by atoms with Crippen LogP contribution in [0, 0.1) is 18.6 Å². The molecule has 3 rings (SSSR count). The molecule has 0 bridgehead atoms. The molecule has 0 saturated heterocycles. The molecule has 1 amide bonds. The van der Waals surface area contributed by atoms with Crippen LogP contribution >= 0.6 is 0 Å². The van der Waals surface area contributed by atoms with Gasteiger partial charge in [-0.15, -0.1) is 0 Å². The van der Waals surface area contributed by atoms with Crippen molar-refractivity contribution in [3.63, 3.8) is 0 Å². The van der Waals surface area contributed by atoms with Gasteiger partial charge in [0.05, 0.1) is 18.3 Å². The number of carbonyl (C=O) groups excluding carboxylic acids is 1. The highest BCUT2D eigenvalue weighted by atomic mass is 19.2. The van der Waals surface area contributed by atoms with Crippen LogP contribution in [0.2, 0.25) is 0 Å². The molecule has 6 heteroatoms. The Morgan fingerprint density at radius 2 is 1.81 bits per heavy atom. The van der Waals surface area contributed by atoms with Gasteiger partial charge in [-0.1, -0.05) is 29.8 Å². The molecule has 2 aromatic carbocycles. The summed E-state index contributed by atoms with van der Waals surface area (Å²) < 4.78 is 26.2. The van der Waals surface area contributed by atoms with Crippen molar-refractivity contribution in [1.29, 1.82) is 0 Å². The van der Waals surface area contributed by atoms with Crippen LogP contribution in [-0.2, 0) is 11.2 Å².